The Balaban J connectivity index is 2.04. The molecule has 3 aliphatic rings. The van der Waals surface area contributed by atoms with Gasteiger partial charge in [-0.1, -0.05) is 19.3 Å². The fourth-order valence-electron chi connectivity index (χ4n) is 5.68. The molecule has 0 N–H and O–H groups in total. The van der Waals surface area contributed by atoms with Gasteiger partial charge in [0.05, 0.1) is 26.4 Å². The Hall–Kier alpha value is -2.57. The molecule has 1 aromatic rings. The van der Waals surface area contributed by atoms with Crippen molar-refractivity contribution >= 4 is 17.7 Å². The van der Waals surface area contributed by atoms with Crippen LogP contribution in [0.25, 0.3) is 0 Å². The van der Waals surface area contributed by atoms with E-state index in [0.29, 0.717) is 43.7 Å². The number of amides is 1. The second-order valence-corrected chi connectivity index (χ2v) is 7.95. The van der Waals surface area contributed by atoms with Crippen LogP contribution in [0.3, 0.4) is 0 Å². The highest BCUT2D eigenvalue weighted by Gasteiger charge is 2.74. The van der Waals surface area contributed by atoms with Crippen molar-refractivity contribution in [2.75, 3.05) is 27.4 Å². The van der Waals surface area contributed by atoms with Crippen LogP contribution in [0, 0.1) is 5.41 Å². The normalized spacial score (nSPS) is 28.2. The van der Waals surface area contributed by atoms with Gasteiger partial charge in [-0.2, -0.15) is 0 Å². The Morgan fingerprint density at radius 3 is 2.45 bits per heavy atom. The third kappa shape index (κ3) is 2.39. The molecule has 4 rings (SSSR count). The number of Topliss-reactive ketones (excluding diaryl/α,β-unsaturated/α-hetero) is 1. The van der Waals surface area contributed by atoms with E-state index in [1.54, 1.807) is 26.0 Å². The lowest BCUT2D eigenvalue weighted by Crippen LogP contribution is -2.58. The van der Waals surface area contributed by atoms with Crippen molar-refractivity contribution in [1.29, 1.82) is 0 Å². The van der Waals surface area contributed by atoms with Crippen molar-refractivity contribution in [2.45, 2.75) is 51.0 Å². The molecular weight excluding hydrogens is 374 g/mol. The molecule has 29 heavy (non-hydrogen) atoms. The number of esters is 1. The van der Waals surface area contributed by atoms with Crippen molar-refractivity contribution in [1.82, 2.24) is 4.90 Å². The number of methoxy groups -OCH3 is 2. The molecular formula is C22H27NO6. The monoisotopic (exact) mass is 401 g/mol. The maximum Gasteiger partial charge on any atom is 0.323 e. The van der Waals surface area contributed by atoms with E-state index < -0.39 is 28.6 Å². The number of hydrogen-bond donors (Lipinski definition) is 0. The smallest absolute Gasteiger partial charge is 0.323 e. The summed E-state index contributed by atoms with van der Waals surface area (Å²) in [6, 6.07) is 3.76. The van der Waals surface area contributed by atoms with Gasteiger partial charge in [-0.15, -0.1) is 0 Å². The molecule has 0 bridgehead atoms. The summed E-state index contributed by atoms with van der Waals surface area (Å²) in [5.74, 6) is -0.648. The lowest BCUT2D eigenvalue weighted by atomic mass is 9.60. The number of ether oxygens (including phenoxy) is 3. The summed E-state index contributed by atoms with van der Waals surface area (Å²) in [5.41, 5.74) is -0.741. The SMILES string of the molecule is CCOC(=O)[C@@]12CCCCC[C@@]13c1cc(OC)c(OC)cc1CCN3C(=O)C2=O. The summed E-state index contributed by atoms with van der Waals surface area (Å²) in [6.07, 6.45) is 3.89. The minimum Gasteiger partial charge on any atom is -0.493 e. The van der Waals surface area contributed by atoms with Crippen LogP contribution >= 0.6 is 0 Å². The summed E-state index contributed by atoms with van der Waals surface area (Å²) >= 11 is 0. The highest BCUT2D eigenvalue weighted by molar-refractivity contribution is 6.45. The Bertz CT molecular complexity index is 880. The van der Waals surface area contributed by atoms with E-state index >= 15 is 0 Å². The first-order chi connectivity index (χ1) is 14.0. The molecule has 1 aliphatic carbocycles. The van der Waals surface area contributed by atoms with Gasteiger partial charge in [0, 0.05) is 6.54 Å². The molecule has 2 fully saturated rings. The van der Waals surface area contributed by atoms with Crippen LogP contribution in [-0.2, 0) is 31.1 Å². The van der Waals surface area contributed by atoms with E-state index in [2.05, 4.69) is 0 Å². The number of carbonyl (C=O) groups excluding carboxylic acids is 3. The van der Waals surface area contributed by atoms with Gasteiger partial charge in [0.15, 0.2) is 16.9 Å². The van der Waals surface area contributed by atoms with Crippen LogP contribution in [0.15, 0.2) is 12.1 Å². The molecule has 1 saturated heterocycles. The third-order valence-electron chi connectivity index (χ3n) is 6.87. The molecule has 7 heteroatoms. The maximum absolute atomic E-state index is 13.4. The van der Waals surface area contributed by atoms with Crippen LogP contribution in [0.5, 0.6) is 11.5 Å². The predicted molar refractivity (Wildman–Crippen MR) is 104 cm³/mol. The highest BCUT2D eigenvalue weighted by Crippen LogP contribution is 2.61. The maximum atomic E-state index is 13.4. The number of ketones is 1. The van der Waals surface area contributed by atoms with Crippen LogP contribution in [0.1, 0.15) is 50.2 Å². The van der Waals surface area contributed by atoms with E-state index in [1.807, 2.05) is 12.1 Å². The molecule has 7 nitrogen and oxygen atoms in total. The first-order valence-corrected chi connectivity index (χ1v) is 10.3. The number of fused-ring (bicyclic) bond motifs is 1. The number of nitrogens with zero attached hydrogens (tertiary/aromatic N) is 1. The quantitative estimate of drug-likeness (QED) is 0.438. The molecule has 1 aromatic carbocycles. The average Bonchev–Trinajstić information content (AvgIpc) is 2.85. The molecule has 2 atom stereocenters. The Morgan fingerprint density at radius 1 is 1.07 bits per heavy atom. The van der Waals surface area contributed by atoms with Crippen molar-refractivity contribution in [3.8, 4) is 11.5 Å². The minimum absolute atomic E-state index is 0.164. The van der Waals surface area contributed by atoms with Gasteiger partial charge in [-0.05, 0) is 49.4 Å². The van der Waals surface area contributed by atoms with Gasteiger partial charge >= 0.3 is 5.97 Å². The first-order valence-electron chi connectivity index (χ1n) is 10.3. The van der Waals surface area contributed by atoms with Crippen molar-refractivity contribution in [3.63, 3.8) is 0 Å². The third-order valence-corrected chi connectivity index (χ3v) is 6.87. The van der Waals surface area contributed by atoms with E-state index in [9.17, 15) is 14.4 Å². The van der Waals surface area contributed by atoms with E-state index in [0.717, 1.165) is 24.0 Å². The van der Waals surface area contributed by atoms with Crippen molar-refractivity contribution in [3.05, 3.63) is 23.3 Å². The van der Waals surface area contributed by atoms with Crippen LogP contribution in [-0.4, -0.2) is 49.9 Å². The Labute approximate surface area is 170 Å². The van der Waals surface area contributed by atoms with E-state index in [4.69, 9.17) is 14.2 Å². The Morgan fingerprint density at radius 2 is 1.76 bits per heavy atom. The van der Waals surface area contributed by atoms with E-state index in [1.165, 1.54) is 0 Å². The second kappa shape index (κ2) is 7.04. The Kier molecular flexibility index (Phi) is 4.79. The molecule has 0 unspecified atom stereocenters. The van der Waals surface area contributed by atoms with Gasteiger partial charge in [0.25, 0.3) is 5.91 Å². The molecule has 0 radical (unpaired) electrons. The predicted octanol–water partition coefficient (Wildman–Crippen LogP) is 2.38. The zero-order valence-electron chi connectivity index (χ0n) is 17.2. The lowest BCUT2D eigenvalue weighted by Gasteiger charge is -2.49. The molecule has 2 aliphatic heterocycles. The molecule has 1 amide bonds. The number of hydrogen-bond acceptors (Lipinski definition) is 6. The highest BCUT2D eigenvalue weighted by atomic mass is 16.5. The summed E-state index contributed by atoms with van der Waals surface area (Å²) in [7, 11) is 3.13. The summed E-state index contributed by atoms with van der Waals surface area (Å²) in [5, 5.41) is 0. The summed E-state index contributed by atoms with van der Waals surface area (Å²) in [6.45, 7) is 2.28. The van der Waals surface area contributed by atoms with Crippen LogP contribution in [0.4, 0.5) is 0 Å². The molecule has 1 spiro atoms. The molecule has 2 heterocycles. The lowest BCUT2D eigenvalue weighted by molar-refractivity contribution is -0.166. The summed E-state index contributed by atoms with van der Waals surface area (Å²) < 4.78 is 16.4. The topological polar surface area (TPSA) is 82.1 Å². The molecule has 156 valence electrons. The summed E-state index contributed by atoms with van der Waals surface area (Å²) in [4.78, 5) is 41.6. The number of rotatable bonds is 4. The fraction of sp³-hybridized carbons (Fsp3) is 0.591. The van der Waals surface area contributed by atoms with Crippen molar-refractivity contribution in [2.24, 2.45) is 5.41 Å². The van der Waals surface area contributed by atoms with Gasteiger partial charge < -0.3 is 19.1 Å². The first kappa shape index (κ1) is 19.7. The van der Waals surface area contributed by atoms with E-state index in [-0.39, 0.29) is 6.61 Å². The van der Waals surface area contributed by atoms with Crippen LogP contribution in [0.2, 0.25) is 0 Å². The second-order valence-electron chi connectivity index (χ2n) is 7.95. The zero-order chi connectivity index (χ0) is 20.8. The average molecular weight is 401 g/mol. The van der Waals surface area contributed by atoms with Gasteiger partial charge in [0.1, 0.15) is 0 Å². The molecule has 0 aromatic heterocycles. The number of carbonyl (C=O) groups is 3. The van der Waals surface area contributed by atoms with Gasteiger partial charge in [0.2, 0.25) is 5.78 Å². The number of benzene rings is 1. The van der Waals surface area contributed by atoms with Crippen molar-refractivity contribution < 1.29 is 28.6 Å². The molecule has 1 saturated carbocycles. The zero-order valence-corrected chi connectivity index (χ0v) is 17.2. The largest absolute Gasteiger partial charge is 0.493 e. The standard InChI is InChI=1S/C22H27NO6/c1-4-29-20(26)21-9-6-5-7-10-22(21)15-13-17(28-3)16(27-2)12-14(15)8-11-23(22)19(25)18(21)24/h12-13H,4-11H2,1-3H3/t21-,22+/m0/s1. The fourth-order valence-corrected chi connectivity index (χ4v) is 5.68. The van der Waals surface area contributed by atoms with Crippen LogP contribution < -0.4 is 9.47 Å². The van der Waals surface area contributed by atoms with Gasteiger partial charge in [-0.25, -0.2) is 0 Å². The minimum atomic E-state index is -1.51. The van der Waals surface area contributed by atoms with Gasteiger partial charge in [-0.3, -0.25) is 14.4 Å².